The second-order valence-electron chi connectivity index (χ2n) is 3.75. The van der Waals surface area contributed by atoms with Crippen molar-refractivity contribution in [3.63, 3.8) is 0 Å². The van der Waals surface area contributed by atoms with Crippen molar-refractivity contribution in [1.82, 2.24) is 16.1 Å². The van der Waals surface area contributed by atoms with Crippen LogP contribution in [0.3, 0.4) is 0 Å². The van der Waals surface area contributed by atoms with Crippen molar-refractivity contribution in [2.24, 2.45) is 11.0 Å². The van der Waals surface area contributed by atoms with Crippen LogP contribution in [0.25, 0.3) is 0 Å². The summed E-state index contributed by atoms with van der Waals surface area (Å²) in [6, 6.07) is 0.384. The van der Waals surface area contributed by atoms with Crippen molar-refractivity contribution < 1.29 is 4.79 Å². The maximum absolute atomic E-state index is 11.5. The molecule has 3 N–H and O–H groups in total. The molecule has 1 aliphatic rings. The summed E-state index contributed by atoms with van der Waals surface area (Å²) in [6.45, 7) is 2.66. The number of hydrazone groups is 1. The fraction of sp³-hybridized carbons (Fsp3) is 0.800. The van der Waals surface area contributed by atoms with Crippen LogP contribution in [0.15, 0.2) is 5.10 Å². The molecule has 86 valence electrons. The van der Waals surface area contributed by atoms with Gasteiger partial charge in [-0.05, 0) is 26.2 Å². The molecule has 0 aromatic rings. The molecule has 0 aromatic carbocycles. The Hall–Kier alpha value is -1.26. The average molecular weight is 212 g/mol. The molecule has 0 unspecified atom stereocenters. The van der Waals surface area contributed by atoms with E-state index in [-0.39, 0.29) is 11.8 Å². The predicted octanol–water partition coefficient (Wildman–Crippen LogP) is 0.0435. The molecule has 15 heavy (non-hydrogen) atoms. The van der Waals surface area contributed by atoms with Gasteiger partial charge in [-0.1, -0.05) is 0 Å². The van der Waals surface area contributed by atoms with Crippen molar-refractivity contribution in [2.75, 3.05) is 13.6 Å². The summed E-state index contributed by atoms with van der Waals surface area (Å²) in [4.78, 5) is 11.5. The van der Waals surface area contributed by atoms with Gasteiger partial charge in [0.2, 0.25) is 5.91 Å². The molecule has 0 saturated heterocycles. The van der Waals surface area contributed by atoms with E-state index in [0.29, 0.717) is 12.6 Å². The molecule has 1 fully saturated rings. The van der Waals surface area contributed by atoms with Crippen LogP contribution in [-0.2, 0) is 4.79 Å². The zero-order valence-corrected chi connectivity index (χ0v) is 9.42. The molecule has 1 aliphatic carbocycles. The quantitative estimate of drug-likeness (QED) is 0.342. The Bertz CT molecular complexity index is 229. The van der Waals surface area contributed by atoms with Crippen LogP contribution >= 0.6 is 0 Å². The molecule has 0 bridgehead atoms. The minimum absolute atomic E-state index is 0.172. The highest BCUT2D eigenvalue weighted by atomic mass is 16.1. The Morgan fingerprint density at radius 2 is 2.33 bits per heavy atom. The first-order valence-electron chi connectivity index (χ1n) is 5.50. The summed E-state index contributed by atoms with van der Waals surface area (Å²) < 4.78 is 0. The van der Waals surface area contributed by atoms with Crippen LogP contribution in [-0.4, -0.2) is 31.9 Å². The van der Waals surface area contributed by atoms with Gasteiger partial charge in [0.05, 0.1) is 0 Å². The number of nitrogens with zero attached hydrogens (tertiary/aromatic N) is 1. The number of carbonyl (C=O) groups excluding carboxylic acids is 1. The Labute approximate surface area is 90.7 Å². The van der Waals surface area contributed by atoms with E-state index in [4.69, 9.17) is 0 Å². The van der Waals surface area contributed by atoms with Gasteiger partial charge >= 0.3 is 0 Å². The fourth-order valence-corrected chi connectivity index (χ4v) is 1.90. The van der Waals surface area contributed by atoms with E-state index in [9.17, 15) is 4.79 Å². The summed E-state index contributed by atoms with van der Waals surface area (Å²) in [5.74, 6) is 0.359. The molecule has 1 amide bonds. The van der Waals surface area contributed by atoms with Crippen LogP contribution in [0.4, 0.5) is 0 Å². The standard InChI is InChI=1S/C10H20N4O/c1-3-12-10(15)8-4-5-9(6-8)13-7-14-11-2/h7-9,11H,3-6H2,1-2H3,(H,12,15)(H,13,14)/t8-,9+/m0/s1. The number of nitrogens with one attached hydrogen (secondary N) is 3. The van der Waals surface area contributed by atoms with Crippen LogP contribution in [0.1, 0.15) is 26.2 Å². The Morgan fingerprint density at radius 1 is 1.53 bits per heavy atom. The van der Waals surface area contributed by atoms with E-state index in [0.717, 1.165) is 19.3 Å². The minimum Gasteiger partial charge on any atom is -0.372 e. The topological polar surface area (TPSA) is 65.5 Å². The van der Waals surface area contributed by atoms with Crippen LogP contribution in [0.5, 0.6) is 0 Å². The maximum Gasteiger partial charge on any atom is 0.223 e. The molecule has 1 saturated carbocycles. The predicted molar refractivity (Wildman–Crippen MR) is 60.5 cm³/mol. The molecule has 0 aromatic heterocycles. The second-order valence-corrected chi connectivity index (χ2v) is 3.75. The van der Waals surface area contributed by atoms with Crippen molar-refractivity contribution in [2.45, 2.75) is 32.2 Å². The largest absolute Gasteiger partial charge is 0.372 e. The summed E-state index contributed by atoms with van der Waals surface area (Å²) in [5, 5.41) is 9.89. The van der Waals surface area contributed by atoms with Gasteiger partial charge in [0.15, 0.2) is 0 Å². The van der Waals surface area contributed by atoms with Gasteiger partial charge in [-0.3, -0.25) is 4.79 Å². The van der Waals surface area contributed by atoms with E-state index in [2.05, 4.69) is 21.2 Å². The van der Waals surface area contributed by atoms with Crippen LogP contribution in [0.2, 0.25) is 0 Å². The van der Waals surface area contributed by atoms with Crippen LogP contribution in [0, 0.1) is 5.92 Å². The van der Waals surface area contributed by atoms with Gasteiger partial charge in [0.1, 0.15) is 6.34 Å². The maximum atomic E-state index is 11.5. The Kier molecular flexibility index (Phi) is 4.93. The highest BCUT2D eigenvalue weighted by Gasteiger charge is 2.28. The molecular formula is C10H20N4O. The molecule has 5 nitrogen and oxygen atoms in total. The van der Waals surface area contributed by atoms with Crippen molar-refractivity contribution in [3.05, 3.63) is 0 Å². The van der Waals surface area contributed by atoms with Gasteiger partial charge in [-0.2, -0.15) is 5.10 Å². The van der Waals surface area contributed by atoms with Crippen molar-refractivity contribution >= 4 is 12.2 Å². The SMILES string of the molecule is CCNC(=O)[C@H]1CC[C@@H](N/C=N\NC)C1. The van der Waals surface area contributed by atoms with Crippen LogP contribution < -0.4 is 16.1 Å². The van der Waals surface area contributed by atoms with Gasteiger partial charge in [-0.15, -0.1) is 0 Å². The summed E-state index contributed by atoms with van der Waals surface area (Å²) in [5.41, 5.74) is 2.67. The van der Waals surface area contributed by atoms with Gasteiger partial charge in [0, 0.05) is 25.6 Å². The first-order valence-corrected chi connectivity index (χ1v) is 5.50. The van der Waals surface area contributed by atoms with Crippen molar-refractivity contribution in [3.8, 4) is 0 Å². The van der Waals surface area contributed by atoms with E-state index in [1.165, 1.54) is 0 Å². The highest BCUT2D eigenvalue weighted by molar-refractivity contribution is 5.79. The monoisotopic (exact) mass is 212 g/mol. The molecule has 0 spiro atoms. The van der Waals surface area contributed by atoms with E-state index in [1.807, 2.05) is 6.92 Å². The van der Waals surface area contributed by atoms with Crippen molar-refractivity contribution in [1.29, 1.82) is 0 Å². The minimum atomic E-state index is 0.172. The van der Waals surface area contributed by atoms with Gasteiger partial charge < -0.3 is 16.1 Å². The third kappa shape index (κ3) is 3.77. The average Bonchev–Trinajstić information content (AvgIpc) is 2.67. The van der Waals surface area contributed by atoms with E-state index in [1.54, 1.807) is 13.4 Å². The Morgan fingerprint density at radius 3 is 3.00 bits per heavy atom. The number of amides is 1. The summed E-state index contributed by atoms with van der Waals surface area (Å²) in [7, 11) is 1.75. The lowest BCUT2D eigenvalue weighted by molar-refractivity contribution is -0.124. The third-order valence-corrected chi connectivity index (χ3v) is 2.66. The third-order valence-electron chi connectivity index (χ3n) is 2.66. The lowest BCUT2D eigenvalue weighted by atomic mass is 10.1. The smallest absolute Gasteiger partial charge is 0.223 e. The lowest BCUT2D eigenvalue weighted by Crippen LogP contribution is -2.31. The fourth-order valence-electron chi connectivity index (χ4n) is 1.90. The zero-order chi connectivity index (χ0) is 11.1. The molecule has 2 atom stereocenters. The number of rotatable bonds is 5. The molecule has 5 heteroatoms. The highest BCUT2D eigenvalue weighted by Crippen LogP contribution is 2.25. The molecule has 0 aliphatic heterocycles. The molecule has 1 rings (SSSR count). The first-order chi connectivity index (χ1) is 7.27. The number of hydrogen-bond acceptors (Lipinski definition) is 3. The number of carbonyl (C=O) groups is 1. The van der Waals surface area contributed by atoms with Gasteiger partial charge in [0.25, 0.3) is 0 Å². The second kappa shape index (κ2) is 6.27. The summed E-state index contributed by atoms with van der Waals surface area (Å²) in [6.07, 6.45) is 4.57. The first kappa shape index (κ1) is 11.8. The molecular weight excluding hydrogens is 192 g/mol. The van der Waals surface area contributed by atoms with E-state index < -0.39 is 0 Å². The lowest BCUT2D eigenvalue weighted by Gasteiger charge is -2.10. The van der Waals surface area contributed by atoms with Gasteiger partial charge in [-0.25, -0.2) is 0 Å². The van der Waals surface area contributed by atoms with E-state index >= 15 is 0 Å². The molecule has 0 heterocycles. The number of hydrogen-bond donors (Lipinski definition) is 3. The zero-order valence-electron chi connectivity index (χ0n) is 9.42. The summed E-state index contributed by atoms with van der Waals surface area (Å²) >= 11 is 0. The Balaban J connectivity index is 2.26. The normalized spacial score (nSPS) is 25.5. The molecule has 0 radical (unpaired) electrons.